The van der Waals surface area contributed by atoms with Crippen molar-refractivity contribution in [2.75, 3.05) is 0 Å². The Balaban J connectivity index is 2.41. The Kier molecular flexibility index (Phi) is 2.75. The third-order valence-electron chi connectivity index (χ3n) is 2.46. The van der Waals surface area contributed by atoms with Crippen molar-refractivity contribution in [1.29, 1.82) is 0 Å². The molecule has 2 nitrogen and oxygen atoms in total. The highest BCUT2D eigenvalue weighted by Gasteiger charge is 2.14. The zero-order chi connectivity index (χ0) is 11.7. The van der Waals surface area contributed by atoms with Crippen LogP contribution in [0.5, 0.6) is 0 Å². The van der Waals surface area contributed by atoms with E-state index in [0.717, 1.165) is 18.2 Å². The van der Waals surface area contributed by atoms with Crippen molar-refractivity contribution in [3.05, 3.63) is 59.4 Å². The summed E-state index contributed by atoms with van der Waals surface area (Å²) in [4.78, 5) is 0. The molecule has 1 N–H and O–H groups in total. The van der Waals surface area contributed by atoms with Gasteiger partial charge in [0.25, 0.3) is 0 Å². The van der Waals surface area contributed by atoms with Gasteiger partial charge in [-0.2, -0.15) is 0 Å². The Morgan fingerprint density at radius 2 is 1.81 bits per heavy atom. The van der Waals surface area contributed by atoms with Gasteiger partial charge in [0, 0.05) is 19.3 Å². The van der Waals surface area contributed by atoms with Crippen LogP contribution in [0.3, 0.4) is 0 Å². The average molecular weight is 223 g/mol. The molecule has 0 aliphatic carbocycles. The standard InChI is InChI=1S/C12H11F2NO/c1-15-4-2-3-11(15)12(16)8-5-9(13)7-10(14)6-8/h2-7,12,16H,1H3/t12-/m0/s1. The van der Waals surface area contributed by atoms with Gasteiger partial charge in [-0.25, -0.2) is 8.78 Å². The first-order valence-corrected chi connectivity index (χ1v) is 4.83. The maximum atomic E-state index is 13.0. The van der Waals surface area contributed by atoms with Crippen LogP contribution in [-0.4, -0.2) is 9.67 Å². The van der Waals surface area contributed by atoms with Crippen molar-refractivity contribution in [2.24, 2.45) is 7.05 Å². The van der Waals surface area contributed by atoms with E-state index in [1.807, 2.05) is 0 Å². The summed E-state index contributed by atoms with van der Waals surface area (Å²) < 4.78 is 27.6. The molecule has 0 amide bonds. The van der Waals surface area contributed by atoms with Crippen molar-refractivity contribution >= 4 is 0 Å². The summed E-state index contributed by atoms with van der Waals surface area (Å²) >= 11 is 0. The third-order valence-corrected chi connectivity index (χ3v) is 2.46. The number of hydrogen-bond acceptors (Lipinski definition) is 1. The summed E-state index contributed by atoms with van der Waals surface area (Å²) in [5.41, 5.74) is 0.796. The SMILES string of the molecule is Cn1cccc1[C@@H](O)c1cc(F)cc(F)c1. The number of aryl methyl sites for hydroxylation is 1. The first-order valence-electron chi connectivity index (χ1n) is 4.83. The van der Waals surface area contributed by atoms with E-state index in [0.29, 0.717) is 5.69 Å². The van der Waals surface area contributed by atoms with Crippen molar-refractivity contribution in [1.82, 2.24) is 4.57 Å². The lowest BCUT2D eigenvalue weighted by molar-refractivity contribution is 0.210. The lowest BCUT2D eigenvalue weighted by atomic mass is 10.1. The van der Waals surface area contributed by atoms with E-state index in [4.69, 9.17) is 0 Å². The molecule has 0 saturated heterocycles. The van der Waals surface area contributed by atoms with Gasteiger partial charge in [-0.1, -0.05) is 0 Å². The molecule has 0 radical (unpaired) electrons. The van der Waals surface area contributed by atoms with Crippen LogP contribution < -0.4 is 0 Å². The van der Waals surface area contributed by atoms with E-state index in [1.165, 1.54) is 0 Å². The number of aliphatic hydroxyl groups is 1. The zero-order valence-corrected chi connectivity index (χ0v) is 8.69. The van der Waals surface area contributed by atoms with Crippen LogP contribution >= 0.6 is 0 Å². The quantitative estimate of drug-likeness (QED) is 0.830. The maximum Gasteiger partial charge on any atom is 0.126 e. The Morgan fingerprint density at radius 1 is 1.19 bits per heavy atom. The minimum Gasteiger partial charge on any atom is -0.382 e. The van der Waals surface area contributed by atoms with Crippen LogP contribution in [-0.2, 0) is 7.05 Å². The van der Waals surface area contributed by atoms with E-state index in [9.17, 15) is 13.9 Å². The molecule has 0 unspecified atom stereocenters. The minimum absolute atomic E-state index is 0.208. The van der Waals surface area contributed by atoms with Crippen LogP contribution in [0, 0.1) is 11.6 Å². The summed E-state index contributed by atoms with van der Waals surface area (Å²) in [5, 5.41) is 9.96. The predicted octanol–water partition coefficient (Wildman–Crippen LogP) is 2.39. The summed E-state index contributed by atoms with van der Waals surface area (Å²) in [5.74, 6) is -1.38. The number of benzene rings is 1. The smallest absolute Gasteiger partial charge is 0.126 e. The van der Waals surface area contributed by atoms with Crippen LogP contribution in [0.15, 0.2) is 36.5 Å². The highest BCUT2D eigenvalue weighted by atomic mass is 19.1. The first-order chi connectivity index (χ1) is 7.58. The van der Waals surface area contributed by atoms with E-state index in [2.05, 4.69) is 0 Å². The Bertz CT molecular complexity index is 487. The number of hydrogen-bond donors (Lipinski definition) is 1. The van der Waals surface area contributed by atoms with Gasteiger partial charge in [0.15, 0.2) is 0 Å². The number of aliphatic hydroxyl groups excluding tert-OH is 1. The number of halogens is 2. The molecule has 0 saturated carbocycles. The monoisotopic (exact) mass is 223 g/mol. The largest absolute Gasteiger partial charge is 0.382 e. The molecule has 16 heavy (non-hydrogen) atoms. The van der Waals surface area contributed by atoms with Crippen molar-refractivity contribution in [3.8, 4) is 0 Å². The Hall–Kier alpha value is -1.68. The van der Waals surface area contributed by atoms with Crippen molar-refractivity contribution in [3.63, 3.8) is 0 Å². The van der Waals surface area contributed by atoms with Gasteiger partial charge < -0.3 is 9.67 Å². The van der Waals surface area contributed by atoms with E-state index >= 15 is 0 Å². The van der Waals surface area contributed by atoms with Crippen molar-refractivity contribution in [2.45, 2.75) is 6.10 Å². The van der Waals surface area contributed by atoms with Gasteiger partial charge in [-0.15, -0.1) is 0 Å². The molecule has 1 aromatic carbocycles. The molecule has 4 heteroatoms. The second-order valence-corrected chi connectivity index (χ2v) is 3.65. The fraction of sp³-hybridized carbons (Fsp3) is 0.167. The van der Waals surface area contributed by atoms with Gasteiger partial charge in [-0.05, 0) is 29.8 Å². The molecule has 0 fully saturated rings. The lowest BCUT2D eigenvalue weighted by Crippen LogP contribution is -2.05. The molecule has 2 rings (SSSR count). The number of rotatable bonds is 2. The molecular formula is C12H11F2NO. The van der Waals surface area contributed by atoms with Gasteiger partial charge in [0.2, 0.25) is 0 Å². The third kappa shape index (κ3) is 1.97. The average Bonchev–Trinajstić information content (AvgIpc) is 2.62. The second-order valence-electron chi connectivity index (χ2n) is 3.65. The van der Waals surface area contributed by atoms with Gasteiger partial charge >= 0.3 is 0 Å². The molecule has 0 spiro atoms. The van der Waals surface area contributed by atoms with E-state index in [-0.39, 0.29) is 5.56 Å². The van der Waals surface area contributed by atoms with Crippen molar-refractivity contribution < 1.29 is 13.9 Å². The number of aromatic nitrogens is 1. The highest BCUT2D eigenvalue weighted by Crippen LogP contribution is 2.23. The van der Waals surface area contributed by atoms with E-state index < -0.39 is 17.7 Å². The summed E-state index contributed by atoms with van der Waals surface area (Å²) in [7, 11) is 1.76. The molecule has 84 valence electrons. The molecule has 2 aromatic rings. The Labute approximate surface area is 91.8 Å². The van der Waals surface area contributed by atoms with Crippen LogP contribution in [0.1, 0.15) is 17.4 Å². The summed E-state index contributed by atoms with van der Waals surface area (Å²) in [6, 6.07) is 6.49. The molecule has 0 aliphatic heterocycles. The normalized spacial score (nSPS) is 12.8. The summed E-state index contributed by atoms with van der Waals surface area (Å²) in [6.07, 6.45) is 0.735. The minimum atomic E-state index is -1.02. The van der Waals surface area contributed by atoms with E-state index in [1.54, 1.807) is 29.9 Å². The van der Waals surface area contributed by atoms with Crippen LogP contribution in [0.25, 0.3) is 0 Å². The summed E-state index contributed by atoms with van der Waals surface area (Å²) in [6.45, 7) is 0. The van der Waals surface area contributed by atoms with Gasteiger partial charge in [-0.3, -0.25) is 0 Å². The molecule has 1 heterocycles. The fourth-order valence-corrected chi connectivity index (χ4v) is 1.66. The molecule has 1 atom stereocenters. The lowest BCUT2D eigenvalue weighted by Gasteiger charge is -2.12. The van der Waals surface area contributed by atoms with Crippen LogP contribution in [0.2, 0.25) is 0 Å². The Morgan fingerprint density at radius 3 is 2.31 bits per heavy atom. The maximum absolute atomic E-state index is 13.0. The molecular weight excluding hydrogens is 212 g/mol. The van der Waals surface area contributed by atoms with Crippen LogP contribution in [0.4, 0.5) is 8.78 Å². The first kappa shape index (κ1) is 10.8. The molecule has 1 aromatic heterocycles. The predicted molar refractivity (Wildman–Crippen MR) is 55.8 cm³/mol. The molecule has 0 bridgehead atoms. The highest BCUT2D eigenvalue weighted by molar-refractivity contribution is 5.27. The number of nitrogens with zero attached hydrogens (tertiary/aromatic N) is 1. The van der Waals surface area contributed by atoms with Gasteiger partial charge in [0.1, 0.15) is 17.7 Å². The van der Waals surface area contributed by atoms with Gasteiger partial charge in [0.05, 0.1) is 5.69 Å². The second kappa shape index (κ2) is 4.06. The fourth-order valence-electron chi connectivity index (χ4n) is 1.66. The molecule has 0 aliphatic rings. The topological polar surface area (TPSA) is 25.2 Å². The zero-order valence-electron chi connectivity index (χ0n) is 8.69.